The second-order valence-corrected chi connectivity index (χ2v) is 9.38. The predicted molar refractivity (Wildman–Crippen MR) is 112 cm³/mol. The maximum absolute atomic E-state index is 12.9. The summed E-state index contributed by atoms with van der Waals surface area (Å²) in [5, 5.41) is 2.95. The quantitative estimate of drug-likeness (QED) is 0.636. The zero-order valence-corrected chi connectivity index (χ0v) is 18.4. The van der Waals surface area contributed by atoms with Gasteiger partial charge < -0.3 is 19.5 Å². The molecule has 0 spiro atoms. The molecule has 1 atom stereocenters. The van der Waals surface area contributed by atoms with Crippen LogP contribution >= 0.6 is 0 Å². The van der Waals surface area contributed by atoms with Crippen molar-refractivity contribution in [3.05, 3.63) is 23.8 Å². The van der Waals surface area contributed by atoms with Crippen LogP contribution in [0, 0.1) is 5.92 Å². The molecule has 9 nitrogen and oxygen atoms in total. The number of benzene rings is 1. The average molecular weight is 442 g/mol. The number of carbonyl (C=O) groups is 1. The lowest BCUT2D eigenvalue weighted by molar-refractivity contribution is -0.126. The van der Waals surface area contributed by atoms with Crippen molar-refractivity contribution in [2.45, 2.75) is 19.3 Å². The first kappa shape index (κ1) is 22.8. The number of morpholine rings is 1. The highest BCUT2D eigenvalue weighted by atomic mass is 32.2. The van der Waals surface area contributed by atoms with E-state index in [9.17, 15) is 13.2 Å². The molecule has 2 fully saturated rings. The first-order valence-electron chi connectivity index (χ1n) is 10.3. The Morgan fingerprint density at radius 2 is 1.87 bits per heavy atom. The molecule has 1 N–H and O–H groups in total. The summed E-state index contributed by atoms with van der Waals surface area (Å²) in [6, 6.07) is 5.67. The van der Waals surface area contributed by atoms with E-state index in [-0.39, 0.29) is 18.4 Å². The van der Waals surface area contributed by atoms with Gasteiger partial charge in [-0.2, -0.15) is 17.0 Å². The van der Waals surface area contributed by atoms with Gasteiger partial charge in [0.2, 0.25) is 5.91 Å². The fraction of sp³-hybridized carbons (Fsp3) is 0.650. The number of hydrogen-bond acceptors (Lipinski definition) is 6. The molecule has 168 valence electrons. The third-order valence-electron chi connectivity index (χ3n) is 5.54. The van der Waals surface area contributed by atoms with E-state index in [1.54, 1.807) is 14.2 Å². The molecule has 1 aromatic carbocycles. The Balaban J connectivity index is 1.52. The van der Waals surface area contributed by atoms with Crippen LogP contribution in [0.4, 0.5) is 0 Å². The summed E-state index contributed by atoms with van der Waals surface area (Å²) >= 11 is 0. The Labute approximate surface area is 178 Å². The number of amides is 1. The van der Waals surface area contributed by atoms with Crippen molar-refractivity contribution in [2.24, 2.45) is 5.92 Å². The normalized spacial score (nSPS) is 21.2. The first-order valence-corrected chi connectivity index (χ1v) is 11.7. The van der Waals surface area contributed by atoms with E-state index in [1.807, 2.05) is 18.2 Å². The molecule has 1 amide bonds. The van der Waals surface area contributed by atoms with E-state index in [0.717, 1.165) is 5.56 Å². The molecule has 2 heterocycles. The van der Waals surface area contributed by atoms with Crippen molar-refractivity contribution in [1.29, 1.82) is 0 Å². The largest absolute Gasteiger partial charge is 0.493 e. The van der Waals surface area contributed by atoms with Crippen LogP contribution in [0.2, 0.25) is 0 Å². The highest BCUT2D eigenvalue weighted by molar-refractivity contribution is 7.86. The second-order valence-electron chi connectivity index (χ2n) is 7.45. The minimum absolute atomic E-state index is 0.0997. The van der Waals surface area contributed by atoms with Gasteiger partial charge in [0, 0.05) is 32.7 Å². The molecular formula is C20H31N3O6S. The summed E-state index contributed by atoms with van der Waals surface area (Å²) in [5.41, 5.74) is 1.02. The first-order chi connectivity index (χ1) is 14.5. The monoisotopic (exact) mass is 441 g/mol. The molecule has 2 saturated heterocycles. The number of methoxy groups -OCH3 is 2. The van der Waals surface area contributed by atoms with Crippen molar-refractivity contribution in [3.63, 3.8) is 0 Å². The third-order valence-corrected chi connectivity index (χ3v) is 7.54. The molecule has 30 heavy (non-hydrogen) atoms. The Morgan fingerprint density at radius 3 is 2.57 bits per heavy atom. The number of piperidine rings is 1. The fourth-order valence-electron chi connectivity index (χ4n) is 3.82. The van der Waals surface area contributed by atoms with Crippen molar-refractivity contribution in [2.75, 3.05) is 60.2 Å². The molecule has 0 radical (unpaired) electrons. The number of nitrogens with one attached hydrogen (secondary N) is 1. The van der Waals surface area contributed by atoms with E-state index in [4.69, 9.17) is 14.2 Å². The van der Waals surface area contributed by atoms with E-state index in [1.165, 1.54) is 8.61 Å². The second kappa shape index (κ2) is 10.4. The zero-order chi connectivity index (χ0) is 21.6. The Kier molecular flexibility index (Phi) is 7.93. The predicted octanol–water partition coefficient (Wildman–Crippen LogP) is 0.652. The van der Waals surface area contributed by atoms with Gasteiger partial charge in [-0.05, 0) is 37.0 Å². The Morgan fingerprint density at radius 1 is 1.13 bits per heavy atom. The number of ether oxygens (including phenoxy) is 3. The number of rotatable bonds is 8. The average Bonchev–Trinajstić information content (AvgIpc) is 2.79. The van der Waals surface area contributed by atoms with Gasteiger partial charge in [0.05, 0.1) is 33.4 Å². The number of nitrogens with zero attached hydrogens (tertiary/aromatic N) is 2. The summed E-state index contributed by atoms with van der Waals surface area (Å²) in [5.74, 6) is 0.879. The fourth-order valence-corrected chi connectivity index (χ4v) is 5.48. The number of hydrogen-bond donors (Lipinski definition) is 1. The van der Waals surface area contributed by atoms with E-state index < -0.39 is 10.2 Å². The van der Waals surface area contributed by atoms with Crippen LogP contribution in [-0.4, -0.2) is 83.1 Å². The highest BCUT2D eigenvalue weighted by Gasteiger charge is 2.36. The van der Waals surface area contributed by atoms with Crippen molar-refractivity contribution in [3.8, 4) is 11.5 Å². The summed E-state index contributed by atoms with van der Waals surface area (Å²) in [7, 11) is -0.374. The van der Waals surface area contributed by atoms with E-state index in [2.05, 4.69) is 5.32 Å². The van der Waals surface area contributed by atoms with Gasteiger partial charge in [0.25, 0.3) is 10.2 Å². The molecule has 0 aliphatic carbocycles. The lowest BCUT2D eigenvalue weighted by Gasteiger charge is -2.36. The highest BCUT2D eigenvalue weighted by Crippen LogP contribution is 2.27. The summed E-state index contributed by atoms with van der Waals surface area (Å²) in [6.45, 7) is 2.69. The lowest BCUT2D eigenvalue weighted by Crippen LogP contribution is -2.53. The van der Waals surface area contributed by atoms with E-state index in [0.29, 0.717) is 70.2 Å². The summed E-state index contributed by atoms with van der Waals surface area (Å²) in [6.07, 6.45) is 2.02. The van der Waals surface area contributed by atoms with Crippen LogP contribution in [0.1, 0.15) is 18.4 Å². The molecule has 0 unspecified atom stereocenters. The van der Waals surface area contributed by atoms with Gasteiger partial charge in [0.1, 0.15) is 0 Å². The van der Waals surface area contributed by atoms with Gasteiger partial charge in [-0.15, -0.1) is 0 Å². The van der Waals surface area contributed by atoms with Crippen LogP contribution in [-0.2, 0) is 26.2 Å². The Bertz CT molecular complexity index is 826. The smallest absolute Gasteiger partial charge is 0.282 e. The van der Waals surface area contributed by atoms with Crippen LogP contribution in [0.15, 0.2) is 18.2 Å². The molecule has 0 bridgehead atoms. The third kappa shape index (κ3) is 5.42. The minimum Gasteiger partial charge on any atom is -0.493 e. The standard InChI is InChI=1S/C20H31N3O6S/c1-27-18-6-5-16(14-19(18)28-2)7-8-21-20(24)17-4-3-9-23(15-17)30(25,26)22-10-12-29-13-11-22/h5-6,14,17H,3-4,7-13,15H2,1-2H3,(H,21,24)/t17-/m0/s1. The zero-order valence-electron chi connectivity index (χ0n) is 17.6. The molecular weight excluding hydrogens is 410 g/mol. The van der Waals surface area contributed by atoms with Gasteiger partial charge >= 0.3 is 0 Å². The van der Waals surface area contributed by atoms with Gasteiger partial charge in [0.15, 0.2) is 11.5 Å². The Hall–Kier alpha value is -1.88. The molecule has 2 aliphatic rings. The molecule has 10 heteroatoms. The number of carbonyl (C=O) groups excluding carboxylic acids is 1. The topological polar surface area (TPSA) is 97.4 Å². The molecule has 2 aliphatic heterocycles. The molecule has 3 rings (SSSR count). The van der Waals surface area contributed by atoms with Gasteiger partial charge in [-0.25, -0.2) is 0 Å². The SMILES string of the molecule is COc1ccc(CCNC(=O)[C@H]2CCCN(S(=O)(=O)N3CCOCC3)C2)cc1OC. The van der Waals surface area contributed by atoms with Gasteiger partial charge in [-0.1, -0.05) is 6.07 Å². The maximum Gasteiger partial charge on any atom is 0.282 e. The minimum atomic E-state index is -3.55. The van der Waals surface area contributed by atoms with Crippen LogP contribution in [0.25, 0.3) is 0 Å². The van der Waals surface area contributed by atoms with Crippen LogP contribution in [0.5, 0.6) is 11.5 Å². The van der Waals surface area contributed by atoms with E-state index >= 15 is 0 Å². The van der Waals surface area contributed by atoms with Crippen molar-refractivity contribution >= 4 is 16.1 Å². The van der Waals surface area contributed by atoms with Crippen molar-refractivity contribution < 1.29 is 27.4 Å². The van der Waals surface area contributed by atoms with Crippen molar-refractivity contribution in [1.82, 2.24) is 13.9 Å². The van der Waals surface area contributed by atoms with Gasteiger partial charge in [-0.3, -0.25) is 4.79 Å². The van der Waals surface area contributed by atoms with Crippen LogP contribution in [0.3, 0.4) is 0 Å². The summed E-state index contributed by atoms with van der Waals surface area (Å²) < 4.78 is 44.4. The lowest BCUT2D eigenvalue weighted by atomic mass is 9.99. The molecule has 1 aromatic rings. The molecule has 0 saturated carbocycles. The summed E-state index contributed by atoms with van der Waals surface area (Å²) in [4.78, 5) is 12.6. The maximum atomic E-state index is 12.9. The van der Waals surface area contributed by atoms with Crippen LogP contribution < -0.4 is 14.8 Å². The molecule has 0 aromatic heterocycles.